The van der Waals surface area contributed by atoms with Crippen LogP contribution < -0.4 is 5.32 Å². The van der Waals surface area contributed by atoms with Crippen molar-refractivity contribution < 1.29 is 9.90 Å². The highest BCUT2D eigenvalue weighted by atomic mass is 16.4. The van der Waals surface area contributed by atoms with Gasteiger partial charge in [-0.15, -0.1) is 0 Å². The van der Waals surface area contributed by atoms with E-state index in [9.17, 15) is 4.79 Å². The Labute approximate surface area is 98.3 Å². The van der Waals surface area contributed by atoms with Crippen LogP contribution in [0.1, 0.15) is 30.0 Å². The van der Waals surface area contributed by atoms with Crippen LogP contribution in [0.15, 0.2) is 12.1 Å². The van der Waals surface area contributed by atoms with Crippen LogP contribution in [-0.2, 0) is 6.42 Å². The predicted molar refractivity (Wildman–Crippen MR) is 63.5 cm³/mol. The van der Waals surface area contributed by atoms with Gasteiger partial charge in [0.15, 0.2) is 11.3 Å². The second-order valence-corrected chi connectivity index (χ2v) is 3.62. The molecule has 2 N–H and O–H groups in total. The highest BCUT2D eigenvalue weighted by molar-refractivity contribution is 5.87. The molecule has 0 atom stereocenters. The minimum absolute atomic E-state index is 0.0241. The third-order valence-electron chi connectivity index (χ3n) is 2.42. The van der Waals surface area contributed by atoms with E-state index >= 15 is 0 Å². The minimum Gasteiger partial charge on any atom is -0.477 e. The molecule has 2 aromatic heterocycles. The molecule has 2 heterocycles. The zero-order valence-corrected chi connectivity index (χ0v) is 9.77. The van der Waals surface area contributed by atoms with Gasteiger partial charge >= 0.3 is 5.97 Å². The second-order valence-electron chi connectivity index (χ2n) is 3.62. The van der Waals surface area contributed by atoms with Gasteiger partial charge in [0.25, 0.3) is 0 Å². The van der Waals surface area contributed by atoms with Crippen molar-refractivity contribution in [3.63, 3.8) is 0 Å². The topological polar surface area (TPSA) is 79.5 Å². The average Bonchev–Trinajstić information content (AvgIpc) is 2.72. The number of nitrogens with zero attached hydrogens (tertiary/aromatic N) is 3. The highest BCUT2D eigenvalue weighted by Gasteiger charge is 2.12. The molecule has 0 aromatic carbocycles. The summed E-state index contributed by atoms with van der Waals surface area (Å²) in [5.74, 6) is -0.388. The summed E-state index contributed by atoms with van der Waals surface area (Å²) in [4.78, 5) is 15.0. The molecule has 0 unspecified atom stereocenters. The quantitative estimate of drug-likeness (QED) is 0.836. The number of hydrogen-bond donors (Lipinski definition) is 2. The van der Waals surface area contributed by atoms with Crippen LogP contribution in [0.5, 0.6) is 0 Å². The summed E-state index contributed by atoms with van der Waals surface area (Å²) in [6.45, 7) is 4.63. The van der Waals surface area contributed by atoms with E-state index in [4.69, 9.17) is 5.11 Å². The van der Waals surface area contributed by atoms with Crippen LogP contribution in [0, 0.1) is 0 Å². The second kappa shape index (κ2) is 4.40. The van der Waals surface area contributed by atoms with E-state index in [1.165, 1.54) is 6.07 Å². The van der Waals surface area contributed by atoms with Crippen LogP contribution in [0.25, 0.3) is 5.65 Å². The molecule has 0 aliphatic heterocycles. The van der Waals surface area contributed by atoms with Crippen molar-refractivity contribution in [3.05, 3.63) is 23.5 Å². The number of carboxylic acids is 1. The number of carbonyl (C=O) groups is 1. The van der Waals surface area contributed by atoms with Crippen LogP contribution in [0.4, 0.5) is 5.82 Å². The van der Waals surface area contributed by atoms with Gasteiger partial charge in [0.05, 0.1) is 5.69 Å². The van der Waals surface area contributed by atoms with E-state index < -0.39 is 5.97 Å². The Bertz CT molecular complexity index is 562. The third kappa shape index (κ3) is 2.06. The van der Waals surface area contributed by atoms with Gasteiger partial charge in [-0.25, -0.2) is 9.78 Å². The molecule has 0 aliphatic rings. The average molecular weight is 234 g/mol. The van der Waals surface area contributed by atoms with Crippen molar-refractivity contribution in [1.29, 1.82) is 0 Å². The van der Waals surface area contributed by atoms with Crippen LogP contribution >= 0.6 is 0 Å². The van der Waals surface area contributed by atoms with Crippen molar-refractivity contribution in [1.82, 2.24) is 14.6 Å². The van der Waals surface area contributed by atoms with Gasteiger partial charge in [-0.05, 0) is 13.3 Å². The van der Waals surface area contributed by atoms with E-state index in [-0.39, 0.29) is 5.69 Å². The first kappa shape index (κ1) is 11.4. The first-order chi connectivity index (χ1) is 8.15. The van der Waals surface area contributed by atoms with Crippen LogP contribution in [-0.4, -0.2) is 32.2 Å². The number of anilines is 1. The fourth-order valence-corrected chi connectivity index (χ4v) is 1.61. The summed E-state index contributed by atoms with van der Waals surface area (Å²) in [5, 5.41) is 16.4. The molecule has 2 aromatic rings. The number of hydrogen-bond acceptors (Lipinski definition) is 4. The summed E-state index contributed by atoms with van der Waals surface area (Å²) in [7, 11) is 0. The van der Waals surface area contributed by atoms with Crippen LogP contribution in [0.2, 0.25) is 0 Å². The van der Waals surface area contributed by atoms with Gasteiger partial charge in [-0.3, -0.25) is 0 Å². The van der Waals surface area contributed by atoms with Gasteiger partial charge < -0.3 is 10.4 Å². The lowest BCUT2D eigenvalue weighted by molar-refractivity contribution is 0.0690. The molecule has 17 heavy (non-hydrogen) atoms. The lowest BCUT2D eigenvalue weighted by Gasteiger charge is -2.06. The first-order valence-corrected chi connectivity index (χ1v) is 5.52. The number of aromatic carboxylic acids is 1. The molecule has 0 saturated carbocycles. The minimum atomic E-state index is -1.04. The Hall–Kier alpha value is -2.11. The maximum absolute atomic E-state index is 11.0. The van der Waals surface area contributed by atoms with E-state index in [1.807, 2.05) is 13.8 Å². The molecular weight excluding hydrogens is 220 g/mol. The van der Waals surface area contributed by atoms with Gasteiger partial charge in [-0.2, -0.15) is 9.61 Å². The number of nitrogens with one attached hydrogen (secondary N) is 1. The number of aryl methyl sites for hydroxylation is 1. The van der Waals surface area contributed by atoms with Gasteiger partial charge in [0, 0.05) is 18.7 Å². The van der Waals surface area contributed by atoms with Crippen LogP contribution in [0.3, 0.4) is 0 Å². The van der Waals surface area contributed by atoms with Gasteiger partial charge in [-0.1, -0.05) is 6.92 Å². The molecule has 0 amide bonds. The van der Waals surface area contributed by atoms with Gasteiger partial charge in [0.2, 0.25) is 0 Å². The maximum atomic E-state index is 11.0. The summed E-state index contributed by atoms with van der Waals surface area (Å²) < 4.78 is 1.63. The molecule has 0 aliphatic carbocycles. The number of fused-ring (bicyclic) bond motifs is 1. The molecule has 6 nitrogen and oxygen atoms in total. The molecule has 0 bridgehead atoms. The summed E-state index contributed by atoms with van der Waals surface area (Å²) in [6, 6.07) is 3.29. The van der Waals surface area contributed by atoms with Gasteiger partial charge in [0.1, 0.15) is 5.82 Å². The molecule has 0 fully saturated rings. The van der Waals surface area contributed by atoms with Crippen molar-refractivity contribution in [3.8, 4) is 0 Å². The third-order valence-corrected chi connectivity index (χ3v) is 2.42. The van der Waals surface area contributed by atoms with Crippen molar-refractivity contribution in [2.24, 2.45) is 0 Å². The Morgan fingerprint density at radius 1 is 1.47 bits per heavy atom. The Balaban J connectivity index is 2.64. The van der Waals surface area contributed by atoms with E-state index in [2.05, 4.69) is 15.4 Å². The lowest BCUT2D eigenvalue weighted by atomic mass is 10.3. The number of carboxylic acid groups (broad SMARTS) is 1. The van der Waals surface area contributed by atoms with E-state index in [1.54, 1.807) is 10.6 Å². The molecule has 0 radical (unpaired) electrons. The normalized spacial score (nSPS) is 10.7. The molecule has 2 rings (SSSR count). The number of aromatic nitrogens is 3. The lowest BCUT2D eigenvalue weighted by Crippen LogP contribution is -2.09. The Morgan fingerprint density at radius 2 is 2.24 bits per heavy atom. The van der Waals surface area contributed by atoms with E-state index in [0.717, 1.165) is 12.1 Å². The molecular formula is C11H14N4O2. The Morgan fingerprint density at radius 3 is 2.82 bits per heavy atom. The first-order valence-electron chi connectivity index (χ1n) is 5.52. The fourth-order valence-electron chi connectivity index (χ4n) is 1.61. The summed E-state index contributed by atoms with van der Waals surface area (Å²) in [6.07, 6.45) is 0.789. The monoisotopic (exact) mass is 234 g/mol. The Kier molecular flexibility index (Phi) is 2.95. The predicted octanol–water partition coefficient (Wildman–Crippen LogP) is 1.42. The fraction of sp³-hybridized carbons (Fsp3) is 0.364. The molecule has 90 valence electrons. The summed E-state index contributed by atoms with van der Waals surface area (Å²) >= 11 is 0. The standard InChI is InChI=1S/C11H14N4O2/c1-3-7-5-10-13-8(11(16)17)6-9(12-4-2)15(10)14-7/h5-6,12H,3-4H2,1-2H3,(H,16,17). The zero-order chi connectivity index (χ0) is 12.4. The largest absolute Gasteiger partial charge is 0.477 e. The van der Waals surface area contributed by atoms with Crippen molar-refractivity contribution in [2.75, 3.05) is 11.9 Å². The highest BCUT2D eigenvalue weighted by Crippen LogP contribution is 2.14. The molecule has 0 spiro atoms. The van der Waals surface area contributed by atoms with Crippen molar-refractivity contribution >= 4 is 17.4 Å². The number of rotatable bonds is 4. The smallest absolute Gasteiger partial charge is 0.354 e. The molecule has 0 saturated heterocycles. The molecule has 6 heteroatoms. The van der Waals surface area contributed by atoms with Crippen molar-refractivity contribution in [2.45, 2.75) is 20.3 Å². The summed E-state index contributed by atoms with van der Waals surface area (Å²) in [5.41, 5.74) is 1.47. The zero-order valence-electron chi connectivity index (χ0n) is 9.77. The maximum Gasteiger partial charge on any atom is 0.354 e. The van der Waals surface area contributed by atoms with E-state index in [0.29, 0.717) is 18.0 Å². The SMILES string of the molecule is CCNc1cc(C(=O)O)nc2cc(CC)nn12.